The van der Waals surface area contributed by atoms with E-state index in [-0.39, 0.29) is 24.2 Å². The molecule has 7 heteroatoms. The van der Waals surface area contributed by atoms with Crippen molar-refractivity contribution < 1.29 is 19.6 Å². The zero-order chi connectivity index (χ0) is 10.8. The van der Waals surface area contributed by atoms with Crippen molar-refractivity contribution in [2.75, 3.05) is 18.1 Å². The first kappa shape index (κ1) is 9.91. The topological polar surface area (TPSA) is 99.7 Å². The van der Waals surface area contributed by atoms with Gasteiger partial charge in [0.1, 0.15) is 0 Å². The SMILES string of the molecule is O=C(O)c1nonc1N1CCCC1CO. The number of aliphatic hydroxyl groups excluding tert-OH is 1. The standard InChI is InChI=1S/C8H11N3O4/c12-4-5-2-1-3-11(5)7-6(8(13)14)9-15-10-7/h5,12H,1-4H2,(H,13,14). The fourth-order valence-corrected chi connectivity index (χ4v) is 1.81. The molecule has 0 spiro atoms. The van der Waals surface area contributed by atoms with E-state index in [1.54, 1.807) is 4.90 Å². The molecule has 0 saturated carbocycles. The van der Waals surface area contributed by atoms with E-state index in [2.05, 4.69) is 14.9 Å². The van der Waals surface area contributed by atoms with Crippen LogP contribution in [0.15, 0.2) is 4.63 Å². The zero-order valence-electron chi connectivity index (χ0n) is 7.96. The number of hydrogen-bond acceptors (Lipinski definition) is 6. The minimum atomic E-state index is -1.17. The predicted molar refractivity (Wildman–Crippen MR) is 48.7 cm³/mol. The minimum Gasteiger partial charge on any atom is -0.476 e. The van der Waals surface area contributed by atoms with Crippen LogP contribution in [0.2, 0.25) is 0 Å². The Morgan fingerprint density at radius 1 is 1.60 bits per heavy atom. The summed E-state index contributed by atoms with van der Waals surface area (Å²) in [5, 5.41) is 24.8. The van der Waals surface area contributed by atoms with Crippen LogP contribution in [0.4, 0.5) is 5.82 Å². The van der Waals surface area contributed by atoms with Gasteiger partial charge in [-0.3, -0.25) is 0 Å². The van der Waals surface area contributed by atoms with E-state index in [0.29, 0.717) is 6.54 Å². The van der Waals surface area contributed by atoms with Crippen LogP contribution in [0.25, 0.3) is 0 Å². The molecule has 2 heterocycles. The summed E-state index contributed by atoms with van der Waals surface area (Å²) in [7, 11) is 0. The number of rotatable bonds is 3. The molecule has 82 valence electrons. The van der Waals surface area contributed by atoms with E-state index < -0.39 is 5.97 Å². The van der Waals surface area contributed by atoms with Gasteiger partial charge in [0.2, 0.25) is 11.5 Å². The molecule has 1 aromatic heterocycles. The second-order valence-corrected chi connectivity index (χ2v) is 3.41. The Bertz CT molecular complexity index is 365. The molecular formula is C8H11N3O4. The van der Waals surface area contributed by atoms with Crippen molar-refractivity contribution in [3.05, 3.63) is 5.69 Å². The third kappa shape index (κ3) is 1.65. The molecule has 1 saturated heterocycles. The third-order valence-corrected chi connectivity index (χ3v) is 2.53. The van der Waals surface area contributed by atoms with Crippen LogP contribution in [-0.4, -0.2) is 45.7 Å². The lowest BCUT2D eigenvalue weighted by Gasteiger charge is -2.21. The smallest absolute Gasteiger partial charge is 0.362 e. The first-order valence-corrected chi connectivity index (χ1v) is 4.67. The number of carboxylic acid groups (broad SMARTS) is 1. The number of nitrogens with zero attached hydrogens (tertiary/aromatic N) is 3. The van der Waals surface area contributed by atoms with Gasteiger partial charge >= 0.3 is 5.97 Å². The molecule has 15 heavy (non-hydrogen) atoms. The van der Waals surface area contributed by atoms with Gasteiger partial charge in [-0.05, 0) is 23.2 Å². The molecule has 0 amide bonds. The molecule has 1 unspecified atom stereocenters. The van der Waals surface area contributed by atoms with Crippen molar-refractivity contribution in [2.24, 2.45) is 0 Å². The van der Waals surface area contributed by atoms with Gasteiger partial charge in [0, 0.05) is 6.54 Å². The lowest BCUT2D eigenvalue weighted by Crippen LogP contribution is -2.33. The van der Waals surface area contributed by atoms with Crippen LogP contribution in [0.3, 0.4) is 0 Å². The first-order valence-electron chi connectivity index (χ1n) is 4.67. The summed E-state index contributed by atoms with van der Waals surface area (Å²) >= 11 is 0. The van der Waals surface area contributed by atoms with Crippen molar-refractivity contribution >= 4 is 11.8 Å². The fourth-order valence-electron chi connectivity index (χ4n) is 1.81. The van der Waals surface area contributed by atoms with E-state index in [4.69, 9.17) is 10.2 Å². The van der Waals surface area contributed by atoms with Crippen molar-refractivity contribution in [2.45, 2.75) is 18.9 Å². The summed E-state index contributed by atoms with van der Waals surface area (Å²) < 4.78 is 4.41. The number of aliphatic hydroxyl groups is 1. The highest BCUT2D eigenvalue weighted by Gasteiger charge is 2.31. The largest absolute Gasteiger partial charge is 0.476 e. The highest BCUT2D eigenvalue weighted by Crippen LogP contribution is 2.25. The minimum absolute atomic E-state index is 0.0219. The van der Waals surface area contributed by atoms with Crippen molar-refractivity contribution in [3.63, 3.8) is 0 Å². The summed E-state index contributed by atoms with van der Waals surface area (Å²) in [5.74, 6) is -0.964. The van der Waals surface area contributed by atoms with Gasteiger partial charge in [0.25, 0.3) is 0 Å². The van der Waals surface area contributed by atoms with E-state index in [1.165, 1.54) is 0 Å². The number of carboxylic acids is 1. The third-order valence-electron chi connectivity index (χ3n) is 2.53. The Labute approximate surface area is 85.3 Å². The highest BCUT2D eigenvalue weighted by molar-refractivity contribution is 5.90. The summed E-state index contributed by atoms with van der Waals surface area (Å²) in [6, 6.07) is -0.0880. The van der Waals surface area contributed by atoms with Crippen molar-refractivity contribution in [1.29, 1.82) is 0 Å². The Balaban J connectivity index is 2.28. The molecule has 0 bridgehead atoms. The van der Waals surface area contributed by atoms with Gasteiger partial charge in [-0.15, -0.1) is 0 Å². The van der Waals surface area contributed by atoms with Gasteiger partial charge in [0.05, 0.1) is 12.6 Å². The molecule has 0 aromatic carbocycles. The molecular weight excluding hydrogens is 202 g/mol. The average molecular weight is 213 g/mol. The van der Waals surface area contributed by atoms with Crippen LogP contribution in [0, 0.1) is 0 Å². The van der Waals surface area contributed by atoms with E-state index in [1.807, 2.05) is 0 Å². The lowest BCUT2D eigenvalue weighted by molar-refractivity contribution is 0.0685. The number of hydrogen-bond donors (Lipinski definition) is 2. The van der Waals surface area contributed by atoms with Crippen LogP contribution < -0.4 is 4.90 Å². The van der Waals surface area contributed by atoms with Crippen LogP contribution >= 0.6 is 0 Å². The predicted octanol–water partition coefficient (Wildman–Crippen LogP) is -0.271. The maximum atomic E-state index is 10.8. The first-order chi connectivity index (χ1) is 7.24. The van der Waals surface area contributed by atoms with Crippen molar-refractivity contribution in [1.82, 2.24) is 10.3 Å². The Morgan fingerprint density at radius 2 is 2.40 bits per heavy atom. The number of carbonyl (C=O) groups is 1. The Morgan fingerprint density at radius 3 is 3.07 bits per heavy atom. The molecule has 1 atom stereocenters. The number of aromatic nitrogens is 2. The number of aromatic carboxylic acids is 1. The monoisotopic (exact) mass is 213 g/mol. The molecule has 0 radical (unpaired) electrons. The van der Waals surface area contributed by atoms with Crippen LogP contribution in [-0.2, 0) is 0 Å². The average Bonchev–Trinajstić information content (AvgIpc) is 2.85. The molecule has 2 rings (SSSR count). The van der Waals surface area contributed by atoms with Gasteiger partial charge in [-0.1, -0.05) is 0 Å². The normalized spacial score (nSPS) is 20.9. The van der Waals surface area contributed by atoms with Crippen LogP contribution in [0.5, 0.6) is 0 Å². The fraction of sp³-hybridized carbons (Fsp3) is 0.625. The zero-order valence-corrected chi connectivity index (χ0v) is 7.96. The van der Waals surface area contributed by atoms with E-state index in [0.717, 1.165) is 12.8 Å². The van der Waals surface area contributed by atoms with Gasteiger partial charge in [-0.2, -0.15) is 0 Å². The summed E-state index contributed by atoms with van der Waals surface area (Å²) in [5.41, 5.74) is -0.199. The van der Waals surface area contributed by atoms with Gasteiger partial charge in [-0.25, -0.2) is 9.42 Å². The maximum Gasteiger partial charge on any atom is 0.362 e. The molecule has 1 aliphatic rings. The molecule has 1 fully saturated rings. The van der Waals surface area contributed by atoms with Gasteiger partial charge in [0.15, 0.2) is 0 Å². The van der Waals surface area contributed by atoms with Crippen LogP contribution in [0.1, 0.15) is 23.3 Å². The molecule has 7 nitrogen and oxygen atoms in total. The summed E-state index contributed by atoms with van der Waals surface area (Å²) in [4.78, 5) is 12.5. The maximum absolute atomic E-state index is 10.8. The lowest BCUT2D eigenvalue weighted by atomic mass is 10.2. The Hall–Kier alpha value is -1.63. The quantitative estimate of drug-likeness (QED) is 0.712. The highest BCUT2D eigenvalue weighted by atomic mass is 16.6. The molecule has 2 N–H and O–H groups in total. The number of anilines is 1. The van der Waals surface area contributed by atoms with E-state index in [9.17, 15) is 4.79 Å². The molecule has 1 aliphatic heterocycles. The van der Waals surface area contributed by atoms with E-state index >= 15 is 0 Å². The molecule has 0 aliphatic carbocycles. The van der Waals surface area contributed by atoms with Crippen molar-refractivity contribution in [3.8, 4) is 0 Å². The molecule has 1 aromatic rings. The summed E-state index contributed by atoms with van der Waals surface area (Å²) in [6.07, 6.45) is 1.72. The Kier molecular flexibility index (Phi) is 2.55. The second-order valence-electron chi connectivity index (χ2n) is 3.41. The summed E-state index contributed by atoms with van der Waals surface area (Å²) in [6.45, 7) is 0.644. The van der Waals surface area contributed by atoms with Gasteiger partial charge < -0.3 is 15.1 Å². The second kappa shape index (κ2) is 3.85.